The van der Waals surface area contributed by atoms with Gasteiger partial charge in [0.2, 0.25) is 0 Å². The molecule has 0 unspecified atom stereocenters. The highest BCUT2D eigenvalue weighted by atomic mass is 35.5. The second-order valence-electron chi connectivity index (χ2n) is 5.98. The van der Waals surface area contributed by atoms with Crippen molar-refractivity contribution < 1.29 is 9.59 Å². The van der Waals surface area contributed by atoms with Gasteiger partial charge >= 0.3 is 6.03 Å². The Balaban J connectivity index is 1.78. The van der Waals surface area contributed by atoms with Crippen LogP contribution in [0.5, 0.6) is 0 Å². The Bertz CT molecular complexity index is 825. The number of hydrogen-bond acceptors (Lipinski definition) is 3. The molecule has 7 heteroatoms. The first kappa shape index (κ1) is 18.2. The van der Waals surface area contributed by atoms with E-state index >= 15 is 0 Å². The Hall–Kier alpha value is -2.57. The van der Waals surface area contributed by atoms with E-state index in [1.807, 2.05) is 31.2 Å². The fourth-order valence-electron chi connectivity index (χ4n) is 2.80. The lowest BCUT2D eigenvalue weighted by Crippen LogP contribution is -2.28. The standard InChI is InChI=1S/C19H21ClN4O2/c1-2-21-12-13-4-3-5-14(10-13)23-18(25)16-11-15(6-7-17(16)20)24-9-8-22-19(24)26/h3-7,10-11,21H,2,8-9,12H2,1H3,(H,22,26)(H,23,25). The number of hydrogen-bond donors (Lipinski definition) is 3. The Morgan fingerprint density at radius 1 is 1.27 bits per heavy atom. The highest BCUT2D eigenvalue weighted by Gasteiger charge is 2.23. The Kier molecular flexibility index (Phi) is 5.75. The third-order valence-corrected chi connectivity index (χ3v) is 4.46. The number of nitrogens with zero attached hydrogens (tertiary/aromatic N) is 1. The quantitative estimate of drug-likeness (QED) is 0.728. The predicted molar refractivity (Wildman–Crippen MR) is 104 cm³/mol. The summed E-state index contributed by atoms with van der Waals surface area (Å²) in [5.41, 5.74) is 2.76. The first-order chi connectivity index (χ1) is 12.6. The largest absolute Gasteiger partial charge is 0.336 e. The lowest BCUT2D eigenvalue weighted by atomic mass is 10.1. The van der Waals surface area contributed by atoms with Crippen molar-refractivity contribution in [2.75, 3.05) is 29.9 Å². The minimum absolute atomic E-state index is 0.171. The maximum absolute atomic E-state index is 12.7. The van der Waals surface area contributed by atoms with Gasteiger partial charge in [-0.05, 0) is 42.4 Å². The van der Waals surface area contributed by atoms with Gasteiger partial charge in [-0.3, -0.25) is 9.69 Å². The summed E-state index contributed by atoms with van der Waals surface area (Å²) < 4.78 is 0. The molecule has 1 aliphatic rings. The lowest BCUT2D eigenvalue weighted by molar-refractivity contribution is 0.102. The first-order valence-electron chi connectivity index (χ1n) is 8.54. The zero-order valence-electron chi connectivity index (χ0n) is 14.5. The SMILES string of the molecule is CCNCc1cccc(NC(=O)c2cc(N3CCNC3=O)ccc2Cl)c1. The number of carbonyl (C=O) groups is 2. The van der Waals surface area contributed by atoms with E-state index in [1.54, 1.807) is 23.1 Å². The van der Waals surface area contributed by atoms with E-state index in [2.05, 4.69) is 16.0 Å². The van der Waals surface area contributed by atoms with Gasteiger partial charge in [-0.1, -0.05) is 30.7 Å². The molecule has 0 radical (unpaired) electrons. The van der Waals surface area contributed by atoms with Crippen molar-refractivity contribution >= 4 is 34.9 Å². The molecule has 3 amide bonds. The van der Waals surface area contributed by atoms with Crippen LogP contribution in [0, 0.1) is 0 Å². The van der Waals surface area contributed by atoms with Crippen molar-refractivity contribution in [2.24, 2.45) is 0 Å². The lowest BCUT2D eigenvalue weighted by Gasteiger charge is -2.16. The summed E-state index contributed by atoms with van der Waals surface area (Å²) in [6, 6.07) is 12.5. The van der Waals surface area contributed by atoms with Crippen LogP contribution in [0.15, 0.2) is 42.5 Å². The molecule has 0 bridgehead atoms. The van der Waals surface area contributed by atoms with Crippen LogP contribution < -0.4 is 20.9 Å². The minimum Gasteiger partial charge on any atom is -0.336 e. The van der Waals surface area contributed by atoms with Crippen molar-refractivity contribution in [3.63, 3.8) is 0 Å². The monoisotopic (exact) mass is 372 g/mol. The van der Waals surface area contributed by atoms with Gasteiger partial charge in [-0.25, -0.2) is 4.79 Å². The molecule has 0 aromatic heterocycles. The summed E-state index contributed by atoms with van der Waals surface area (Å²) in [6.07, 6.45) is 0. The summed E-state index contributed by atoms with van der Waals surface area (Å²) >= 11 is 6.21. The van der Waals surface area contributed by atoms with Crippen molar-refractivity contribution in [3.8, 4) is 0 Å². The molecule has 1 saturated heterocycles. The third kappa shape index (κ3) is 4.15. The molecule has 2 aromatic rings. The van der Waals surface area contributed by atoms with Crippen molar-refractivity contribution in [3.05, 3.63) is 58.6 Å². The molecule has 0 aliphatic carbocycles. The van der Waals surface area contributed by atoms with E-state index in [-0.39, 0.29) is 11.9 Å². The van der Waals surface area contributed by atoms with Crippen LogP contribution >= 0.6 is 11.6 Å². The number of urea groups is 1. The number of halogens is 1. The van der Waals surface area contributed by atoms with Gasteiger partial charge < -0.3 is 16.0 Å². The van der Waals surface area contributed by atoms with E-state index in [0.717, 1.165) is 18.7 Å². The molecule has 2 aromatic carbocycles. The van der Waals surface area contributed by atoms with E-state index in [0.29, 0.717) is 35.1 Å². The molecule has 3 N–H and O–H groups in total. The molecule has 1 heterocycles. The van der Waals surface area contributed by atoms with Gasteiger partial charge in [0, 0.05) is 31.0 Å². The average molecular weight is 373 g/mol. The molecule has 3 rings (SSSR count). The molecule has 0 spiro atoms. The highest BCUT2D eigenvalue weighted by Crippen LogP contribution is 2.25. The van der Waals surface area contributed by atoms with Crippen molar-refractivity contribution in [1.29, 1.82) is 0 Å². The van der Waals surface area contributed by atoms with Gasteiger partial charge in [-0.2, -0.15) is 0 Å². The minimum atomic E-state index is -0.308. The molecule has 136 valence electrons. The van der Waals surface area contributed by atoms with Gasteiger partial charge in [0.15, 0.2) is 0 Å². The number of anilines is 2. The fourth-order valence-corrected chi connectivity index (χ4v) is 3.00. The van der Waals surface area contributed by atoms with E-state index < -0.39 is 0 Å². The Morgan fingerprint density at radius 2 is 2.12 bits per heavy atom. The smallest absolute Gasteiger partial charge is 0.321 e. The van der Waals surface area contributed by atoms with Crippen LogP contribution in [-0.4, -0.2) is 31.6 Å². The Labute approximate surface area is 157 Å². The Morgan fingerprint density at radius 3 is 2.85 bits per heavy atom. The number of rotatable bonds is 6. The summed E-state index contributed by atoms with van der Waals surface area (Å²) in [4.78, 5) is 26.1. The van der Waals surface area contributed by atoms with E-state index in [9.17, 15) is 9.59 Å². The van der Waals surface area contributed by atoms with Crippen LogP contribution in [0.25, 0.3) is 0 Å². The van der Waals surface area contributed by atoms with Crippen LogP contribution in [0.1, 0.15) is 22.8 Å². The van der Waals surface area contributed by atoms with Crippen LogP contribution in [0.3, 0.4) is 0 Å². The first-order valence-corrected chi connectivity index (χ1v) is 8.92. The second-order valence-corrected chi connectivity index (χ2v) is 6.39. The molecular weight excluding hydrogens is 352 g/mol. The van der Waals surface area contributed by atoms with Crippen molar-refractivity contribution in [2.45, 2.75) is 13.5 Å². The number of benzene rings is 2. The molecule has 0 atom stereocenters. The molecule has 0 saturated carbocycles. The van der Waals surface area contributed by atoms with Crippen LogP contribution in [0.2, 0.25) is 5.02 Å². The normalized spacial score (nSPS) is 13.6. The summed E-state index contributed by atoms with van der Waals surface area (Å²) in [5, 5.41) is 9.21. The van der Waals surface area contributed by atoms with Gasteiger partial charge in [-0.15, -0.1) is 0 Å². The van der Waals surface area contributed by atoms with E-state index in [1.165, 1.54) is 0 Å². The van der Waals surface area contributed by atoms with Gasteiger partial charge in [0.1, 0.15) is 0 Å². The molecule has 1 fully saturated rings. The van der Waals surface area contributed by atoms with Crippen molar-refractivity contribution in [1.82, 2.24) is 10.6 Å². The maximum Gasteiger partial charge on any atom is 0.321 e. The topological polar surface area (TPSA) is 73.5 Å². The van der Waals surface area contributed by atoms with E-state index in [4.69, 9.17) is 11.6 Å². The van der Waals surface area contributed by atoms with Gasteiger partial charge in [0.25, 0.3) is 5.91 Å². The van der Waals surface area contributed by atoms with Crippen LogP contribution in [0.4, 0.5) is 16.2 Å². The second kappa shape index (κ2) is 8.21. The maximum atomic E-state index is 12.7. The number of nitrogens with one attached hydrogen (secondary N) is 3. The predicted octanol–water partition coefficient (Wildman–Crippen LogP) is 3.23. The average Bonchev–Trinajstić information content (AvgIpc) is 3.06. The molecule has 1 aliphatic heterocycles. The zero-order valence-corrected chi connectivity index (χ0v) is 15.3. The number of amides is 3. The fraction of sp³-hybridized carbons (Fsp3) is 0.263. The zero-order chi connectivity index (χ0) is 18.5. The number of carbonyl (C=O) groups excluding carboxylic acids is 2. The summed E-state index contributed by atoms with van der Waals surface area (Å²) in [7, 11) is 0. The molecule has 26 heavy (non-hydrogen) atoms. The van der Waals surface area contributed by atoms with Gasteiger partial charge in [0.05, 0.1) is 10.6 Å². The highest BCUT2D eigenvalue weighted by molar-refractivity contribution is 6.34. The third-order valence-electron chi connectivity index (χ3n) is 4.13. The molecule has 6 nitrogen and oxygen atoms in total. The molecular formula is C19H21ClN4O2. The van der Waals surface area contributed by atoms with Crippen LogP contribution in [-0.2, 0) is 6.54 Å². The summed E-state index contributed by atoms with van der Waals surface area (Å²) in [6.45, 7) is 4.81. The summed E-state index contributed by atoms with van der Waals surface area (Å²) in [5.74, 6) is -0.308.